The highest BCUT2D eigenvalue weighted by Crippen LogP contribution is 2.47. The zero-order chi connectivity index (χ0) is 14.1. The van der Waals surface area contributed by atoms with E-state index in [2.05, 4.69) is 34.2 Å². The van der Waals surface area contributed by atoms with Crippen molar-refractivity contribution in [1.29, 1.82) is 5.41 Å². The molecule has 3 nitrogen and oxygen atoms in total. The van der Waals surface area contributed by atoms with Crippen molar-refractivity contribution in [1.82, 2.24) is 0 Å². The van der Waals surface area contributed by atoms with Crippen molar-refractivity contribution < 1.29 is 4.74 Å². The summed E-state index contributed by atoms with van der Waals surface area (Å²) in [4.78, 5) is 0. The van der Waals surface area contributed by atoms with Crippen LogP contribution in [-0.2, 0) is 4.74 Å². The molecule has 0 amide bonds. The highest BCUT2D eigenvalue weighted by molar-refractivity contribution is 9.10. The number of nitrogens with one attached hydrogen (secondary N) is 2. The Hall–Kier alpha value is -0.870. The third-order valence-electron chi connectivity index (χ3n) is 4.17. The second-order valence-corrected chi connectivity index (χ2v) is 6.59. The van der Waals surface area contributed by atoms with Gasteiger partial charge in [0.25, 0.3) is 0 Å². The Morgan fingerprint density at radius 2 is 2.15 bits per heavy atom. The molecule has 1 aromatic rings. The van der Waals surface area contributed by atoms with Gasteiger partial charge in [-0.3, -0.25) is 0 Å². The number of aryl methyl sites for hydroxylation is 1. The van der Waals surface area contributed by atoms with Crippen molar-refractivity contribution in [2.75, 3.05) is 11.9 Å². The highest BCUT2D eigenvalue weighted by atomic mass is 79.9. The Labute approximate surface area is 128 Å². The molecule has 1 aliphatic heterocycles. The third-order valence-corrected chi connectivity index (χ3v) is 5.03. The number of ether oxygens (including phenoxy) is 1. The van der Waals surface area contributed by atoms with Gasteiger partial charge in [-0.25, -0.2) is 0 Å². The van der Waals surface area contributed by atoms with Crippen molar-refractivity contribution in [3.05, 3.63) is 27.2 Å². The van der Waals surface area contributed by atoms with E-state index in [0.29, 0.717) is 5.92 Å². The Kier molecular flexibility index (Phi) is 4.13. The Morgan fingerprint density at radius 1 is 1.35 bits per heavy atom. The molecule has 1 atom stereocenters. The van der Waals surface area contributed by atoms with E-state index < -0.39 is 0 Å². The number of anilines is 1. The van der Waals surface area contributed by atoms with E-state index in [9.17, 15) is 0 Å². The molecule has 3 rings (SSSR count). The van der Waals surface area contributed by atoms with E-state index in [-0.39, 0.29) is 6.23 Å². The zero-order valence-corrected chi connectivity index (χ0v) is 13.4. The second kappa shape index (κ2) is 5.86. The van der Waals surface area contributed by atoms with Crippen molar-refractivity contribution >= 4 is 27.8 Å². The van der Waals surface area contributed by atoms with Gasteiger partial charge >= 0.3 is 0 Å². The smallest absolute Gasteiger partial charge is 0.127 e. The predicted octanol–water partition coefficient (Wildman–Crippen LogP) is 4.57. The zero-order valence-electron chi connectivity index (χ0n) is 11.8. The average Bonchev–Trinajstić information content (AvgIpc) is 3.24. The molecule has 1 saturated heterocycles. The van der Waals surface area contributed by atoms with Crippen LogP contribution in [-0.4, -0.2) is 19.0 Å². The fourth-order valence-corrected chi connectivity index (χ4v) is 3.93. The quantitative estimate of drug-likeness (QED) is 0.791. The minimum absolute atomic E-state index is 0.0838. The summed E-state index contributed by atoms with van der Waals surface area (Å²) in [5.74, 6) is 0.683. The molecule has 0 spiro atoms. The Bertz CT molecular complexity index is 520. The maximum atomic E-state index is 7.74. The first-order chi connectivity index (χ1) is 9.70. The summed E-state index contributed by atoms with van der Waals surface area (Å²) in [7, 11) is 0. The molecule has 108 valence electrons. The molecule has 1 saturated carbocycles. The van der Waals surface area contributed by atoms with E-state index in [4.69, 9.17) is 10.1 Å². The molecule has 0 aromatic heterocycles. The molecule has 2 N–H and O–H groups in total. The van der Waals surface area contributed by atoms with Gasteiger partial charge in [0.15, 0.2) is 0 Å². The maximum Gasteiger partial charge on any atom is 0.127 e. The van der Waals surface area contributed by atoms with Gasteiger partial charge in [0, 0.05) is 28.5 Å². The van der Waals surface area contributed by atoms with Crippen LogP contribution in [0.2, 0.25) is 0 Å². The topological polar surface area (TPSA) is 45.1 Å². The van der Waals surface area contributed by atoms with Crippen LogP contribution in [0.25, 0.3) is 0 Å². The predicted molar refractivity (Wildman–Crippen MR) is 86.0 cm³/mol. The molecule has 2 fully saturated rings. The molecule has 2 aliphatic rings. The SMILES string of the molecule is Cc1cc(NC2CCCCO2)c(C=N)c(Br)c1C1CC1. The first-order valence-corrected chi connectivity index (χ1v) is 8.21. The standard InChI is InChI=1S/C16H21BrN2O/c1-10-8-13(19-14-4-2-3-7-20-14)12(9-18)16(17)15(10)11-5-6-11/h8-9,11,14,18-19H,2-7H2,1H3. The lowest BCUT2D eigenvalue weighted by Crippen LogP contribution is -2.27. The van der Waals surface area contributed by atoms with Gasteiger partial charge in [-0.2, -0.15) is 0 Å². The molecule has 1 heterocycles. The lowest BCUT2D eigenvalue weighted by Gasteiger charge is -2.26. The lowest BCUT2D eigenvalue weighted by atomic mass is 9.99. The Balaban J connectivity index is 1.91. The molecule has 1 unspecified atom stereocenters. The molecule has 1 aromatic carbocycles. The van der Waals surface area contributed by atoms with Crippen LogP contribution in [0.1, 0.15) is 54.7 Å². The van der Waals surface area contributed by atoms with Crippen molar-refractivity contribution in [3.8, 4) is 0 Å². The fraction of sp³-hybridized carbons (Fsp3) is 0.562. The van der Waals surface area contributed by atoms with Crippen LogP contribution in [0.4, 0.5) is 5.69 Å². The van der Waals surface area contributed by atoms with E-state index in [1.165, 1.54) is 36.6 Å². The van der Waals surface area contributed by atoms with Gasteiger partial charge in [0.05, 0.1) is 0 Å². The number of hydrogen-bond acceptors (Lipinski definition) is 3. The van der Waals surface area contributed by atoms with Gasteiger partial charge in [-0.05, 0) is 78.1 Å². The van der Waals surface area contributed by atoms with E-state index in [0.717, 1.165) is 35.2 Å². The van der Waals surface area contributed by atoms with Crippen LogP contribution < -0.4 is 5.32 Å². The van der Waals surface area contributed by atoms with E-state index in [1.54, 1.807) is 0 Å². The third kappa shape index (κ3) is 2.77. The van der Waals surface area contributed by atoms with Crippen molar-refractivity contribution in [2.24, 2.45) is 0 Å². The minimum Gasteiger partial charge on any atom is -0.360 e. The highest BCUT2D eigenvalue weighted by Gasteiger charge is 2.29. The summed E-state index contributed by atoms with van der Waals surface area (Å²) in [5, 5.41) is 11.2. The molecule has 4 heteroatoms. The number of halogens is 1. The van der Waals surface area contributed by atoms with Gasteiger partial charge < -0.3 is 15.5 Å². The van der Waals surface area contributed by atoms with Crippen LogP contribution in [0.15, 0.2) is 10.5 Å². The minimum atomic E-state index is 0.0838. The van der Waals surface area contributed by atoms with Crippen LogP contribution in [0.3, 0.4) is 0 Å². The molecule has 20 heavy (non-hydrogen) atoms. The first-order valence-electron chi connectivity index (χ1n) is 7.42. The average molecular weight is 337 g/mol. The van der Waals surface area contributed by atoms with Gasteiger partial charge in [0.1, 0.15) is 6.23 Å². The van der Waals surface area contributed by atoms with Gasteiger partial charge in [0.2, 0.25) is 0 Å². The number of hydrogen-bond donors (Lipinski definition) is 2. The number of rotatable bonds is 4. The monoisotopic (exact) mass is 336 g/mol. The van der Waals surface area contributed by atoms with E-state index in [1.807, 2.05) is 0 Å². The Morgan fingerprint density at radius 3 is 2.75 bits per heavy atom. The number of benzene rings is 1. The summed E-state index contributed by atoms with van der Waals surface area (Å²) in [5.41, 5.74) is 4.66. The van der Waals surface area contributed by atoms with Gasteiger partial charge in [-0.1, -0.05) is 0 Å². The fourth-order valence-electron chi connectivity index (χ4n) is 2.97. The van der Waals surface area contributed by atoms with Crippen molar-refractivity contribution in [2.45, 2.75) is 51.2 Å². The van der Waals surface area contributed by atoms with Crippen LogP contribution in [0.5, 0.6) is 0 Å². The summed E-state index contributed by atoms with van der Waals surface area (Å²) in [6.45, 7) is 3.00. The molecule has 0 radical (unpaired) electrons. The maximum absolute atomic E-state index is 7.74. The molecular formula is C16H21BrN2O. The van der Waals surface area contributed by atoms with Crippen molar-refractivity contribution in [3.63, 3.8) is 0 Å². The summed E-state index contributed by atoms with van der Waals surface area (Å²) >= 11 is 3.72. The summed E-state index contributed by atoms with van der Waals surface area (Å²) in [6, 6.07) is 2.18. The van der Waals surface area contributed by atoms with Crippen LogP contribution in [0, 0.1) is 12.3 Å². The molecule has 0 bridgehead atoms. The van der Waals surface area contributed by atoms with E-state index >= 15 is 0 Å². The molecule has 1 aliphatic carbocycles. The van der Waals surface area contributed by atoms with Gasteiger partial charge in [-0.15, -0.1) is 0 Å². The normalized spacial score (nSPS) is 22.6. The molecular weight excluding hydrogens is 316 g/mol. The largest absolute Gasteiger partial charge is 0.360 e. The summed E-state index contributed by atoms with van der Waals surface area (Å²) < 4.78 is 6.84. The second-order valence-electron chi connectivity index (χ2n) is 5.80. The van der Waals surface area contributed by atoms with Crippen LogP contribution >= 0.6 is 15.9 Å². The summed E-state index contributed by atoms with van der Waals surface area (Å²) in [6.07, 6.45) is 7.47. The first kappa shape index (κ1) is 14.1. The lowest BCUT2D eigenvalue weighted by molar-refractivity contribution is 0.0343.